The van der Waals surface area contributed by atoms with Gasteiger partial charge in [-0.3, -0.25) is 37.3 Å². The number of hydrogen-bond acceptors (Lipinski definition) is 15. The number of unbranched alkanes of at least 4 members (excludes halogenated alkanes) is 42. The van der Waals surface area contributed by atoms with Crippen LogP contribution in [0.15, 0.2) is 0 Å². The van der Waals surface area contributed by atoms with Crippen LogP contribution < -0.4 is 0 Å². The third-order valence-corrected chi connectivity index (χ3v) is 21.4. The van der Waals surface area contributed by atoms with Crippen LogP contribution in [0.3, 0.4) is 0 Å². The van der Waals surface area contributed by atoms with Gasteiger partial charge >= 0.3 is 39.5 Å². The number of phosphoric acid groups is 2. The van der Waals surface area contributed by atoms with Crippen LogP contribution in [0, 0.1) is 23.7 Å². The summed E-state index contributed by atoms with van der Waals surface area (Å²) in [5, 5.41) is 10.6. The van der Waals surface area contributed by atoms with Gasteiger partial charge in [-0.15, -0.1) is 0 Å². The third kappa shape index (κ3) is 71.7. The number of hydrogen-bond donors (Lipinski definition) is 3. The molecule has 4 unspecified atom stereocenters. The van der Waals surface area contributed by atoms with E-state index < -0.39 is 97.5 Å². The highest BCUT2D eigenvalue weighted by molar-refractivity contribution is 7.47. The topological polar surface area (TPSA) is 237 Å². The lowest BCUT2D eigenvalue weighted by Crippen LogP contribution is -2.30. The smallest absolute Gasteiger partial charge is 0.462 e. The van der Waals surface area contributed by atoms with Gasteiger partial charge in [-0.25, -0.2) is 9.13 Å². The molecular formula is C81H158O17P2. The minimum Gasteiger partial charge on any atom is -0.462 e. The Kier molecular flexibility index (Phi) is 68.7. The molecule has 17 nitrogen and oxygen atoms in total. The Hall–Kier alpha value is -1.94. The lowest BCUT2D eigenvalue weighted by molar-refractivity contribution is -0.161. The SMILES string of the molecule is CCC(C)CCCCCCCCCCCCC(=O)O[C@H](COC(=O)CCCCCCCCC(C)CC)COP(=O)(O)OC[C@H](O)COP(=O)(O)OC[C@@H](COC(=O)CCCCCCCCCCCCCCCCCCCCC(C)C)OC(=O)CCCCCCCCCCCCCCC(C)C. The molecule has 3 N–H and O–H groups in total. The van der Waals surface area contributed by atoms with Crippen molar-refractivity contribution in [3.05, 3.63) is 0 Å². The molecule has 0 aliphatic rings. The number of carbonyl (C=O) groups is 4. The largest absolute Gasteiger partial charge is 0.472 e. The van der Waals surface area contributed by atoms with Gasteiger partial charge in [0.2, 0.25) is 0 Å². The van der Waals surface area contributed by atoms with Crippen molar-refractivity contribution in [3.8, 4) is 0 Å². The summed E-state index contributed by atoms with van der Waals surface area (Å²) in [6.45, 7) is 14.3. The van der Waals surface area contributed by atoms with Crippen molar-refractivity contribution in [2.75, 3.05) is 39.6 Å². The van der Waals surface area contributed by atoms with Gasteiger partial charge in [-0.2, -0.15) is 0 Å². The van der Waals surface area contributed by atoms with Gasteiger partial charge < -0.3 is 33.8 Å². The first-order valence-electron chi connectivity index (χ1n) is 41.8. The molecule has 100 heavy (non-hydrogen) atoms. The summed E-state index contributed by atoms with van der Waals surface area (Å²) < 4.78 is 68.7. The molecule has 0 saturated heterocycles. The van der Waals surface area contributed by atoms with E-state index in [0.29, 0.717) is 25.7 Å². The standard InChI is InChI=1S/C81H158O17P2/c1-9-73(7)59-51-43-35-29-25-26-32-38-48-56-64-81(86)98-77(68-92-79(84)62-54-46-40-39-44-52-60-74(8)10-2)70-96-100(89,90)94-66-75(82)65-93-99(87,88)95-69-76(97-80(85)63-55-47-37-31-24-20-19-22-28-34-42-50-58-72(5)6)67-91-78(83)61-53-45-36-30-23-18-16-14-12-11-13-15-17-21-27-33-41-49-57-71(3)4/h71-77,82H,9-70H2,1-8H3,(H,87,88)(H,89,90)/t73?,74?,75-,76-,77-/m1/s1. The molecule has 0 aromatic carbocycles. The van der Waals surface area contributed by atoms with Crippen LogP contribution in [0.4, 0.5) is 0 Å². The number of phosphoric ester groups is 2. The molecule has 0 aliphatic carbocycles. The lowest BCUT2D eigenvalue weighted by atomic mass is 9.99. The van der Waals surface area contributed by atoms with E-state index in [2.05, 4.69) is 55.4 Å². The quantitative estimate of drug-likeness (QED) is 0.0222. The predicted molar refractivity (Wildman–Crippen MR) is 409 cm³/mol. The Bertz CT molecular complexity index is 1960. The van der Waals surface area contributed by atoms with Gasteiger partial charge in [0.05, 0.1) is 26.4 Å². The monoisotopic (exact) mass is 1470 g/mol. The molecule has 0 rings (SSSR count). The van der Waals surface area contributed by atoms with Gasteiger partial charge in [-0.05, 0) is 49.4 Å². The Labute approximate surface area is 613 Å². The van der Waals surface area contributed by atoms with Crippen molar-refractivity contribution in [2.24, 2.45) is 23.7 Å². The summed E-state index contributed by atoms with van der Waals surface area (Å²) in [6.07, 6.45) is 56.9. The highest BCUT2D eigenvalue weighted by atomic mass is 31.2. The molecule has 0 heterocycles. The molecular weight excluding hydrogens is 1310 g/mol. The summed E-state index contributed by atoms with van der Waals surface area (Å²) in [6, 6.07) is 0. The van der Waals surface area contributed by atoms with E-state index in [0.717, 1.165) is 120 Å². The Morgan fingerprint density at radius 3 is 0.710 bits per heavy atom. The average Bonchev–Trinajstić information content (AvgIpc) is 1.05. The predicted octanol–water partition coefficient (Wildman–Crippen LogP) is 24.0. The van der Waals surface area contributed by atoms with E-state index in [4.69, 9.17) is 37.0 Å². The molecule has 0 aliphatic heterocycles. The van der Waals surface area contributed by atoms with Crippen molar-refractivity contribution in [1.29, 1.82) is 0 Å². The fourth-order valence-corrected chi connectivity index (χ4v) is 13.9. The van der Waals surface area contributed by atoms with Gasteiger partial charge in [0.1, 0.15) is 19.3 Å². The molecule has 19 heteroatoms. The summed E-state index contributed by atoms with van der Waals surface area (Å²) in [4.78, 5) is 73.0. The van der Waals surface area contributed by atoms with E-state index in [1.807, 2.05) is 0 Å². The van der Waals surface area contributed by atoms with Crippen molar-refractivity contribution in [3.63, 3.8) is 0 Å². The molecule has 0 bridgehead atoms. The fourth-order valence-electron chi connectivity index (χ4n) is 12.4. The van der Waals surface area contributed by atoms with Crippen LogP contribution in [-0.2, 0) is 65.4 Å². The van der Waals surface area contributed by atoms with Crippen LogP contribution in [0.25, 0.3) is 0 Å². The van der Waals surface area contributed by atoms with E-state index in [9.17, 15) is 43.2 Å². The van der Waals surface area contributed by atoms with Crippen molar-refractivity contribution >= 4 is 39.5 Å². The molecule has 0 radical (unpaired) electrons. The molecule has 0 aromatic heterocycles. The zero-order valence-corrected chi connectivity index (χ0v) is 67.6. The minimum atomic E-state index is -4.96. The van der Waals surface area contributed by atoms with Crippen LogP contribution in [0.5, 0.6) is 0 Å². The maximum Gasteiger partial charge on any atom is 0.472 e. The van der Waals surface area contributed by atoms with Crippen LogP contribution in [0.1, 0.15) is 415 Å². The lowest BCUT2D eigenvalue weighted by Gasteiger charge is -2.21. The second-order valence-electron chi connectivity index (χ2n) is 30.6. The number of aliphatic hydroxyl groups is 1. The highest BCUT2D eigenvalue weighted by Gasteiger charge is 2.30. The van der Waals surface area contributed by atoms with Gasteiger partial charge in [-0.1, -0.05) is 364 Å². The van der Waals surface area contributed by atoms with Gasteiger partial charge in [0, 0.05) is 25.7 Å². The molecule has 0 aromatic rings. The second-order valence-corrected chi connectivity index (χ2v) is 33.5. The van der Waals surface area contributed by atoms with E-state index in [1.54, 1.807) is 0 Å². The summed E-state index contributed by atoms with van der Waals surface area (Å²) in [7, 11) is -9.92. The van der Waals surface area contributed by atoms with Crippen molar-refractivity contribution in [2.45, 2.75) is 433 Å². The minimum absolute atomic E-state index is 0.105. The zero-order valence-electron chi connectivity index (χ0n) is 65.8. The maximum atomic E-state index is 13.1. The zero-order chi connectivity index (χ0) is 73.8. The normalized spacial score (nSPS) is 14.6. The van der Waals surface area contributed by atoms with E-state index in [-0.39, 0.29) is 25.7 Å². The molecule has 0 spiro atoms. The first-order valence-corrected chi connectivity index (χ1v) is 44.8. The van der Waals surface area contributed by atoms with Crippen LogP contribution >= 0.6 is 15.6 Å². The number of esters is 4. The number of aliphatic hydroxyl groups excluding tert-OH is 1. The number of ether oxygens (including phenoxy) is 4. The average molecular weight is 1470 g/mol. The van der Waals surface area contributed by atoms with Gasteiger partial charge in [0.25, 0.3) is 0 Å². The first kappa shape index (κ1) is 98.1. The van der Waals surface area contributed by atoms with Crippen molar-refractivity contribution < 1.29 is 80.2 Å². The summed E-state index contributed by atoms with van der Waals surface area (Å²) in [5.41, 5.74) is 0. The summed E-state index contributed by atoms with van der Waals surface area (Å²) in [5.74, 6) is 1.02. The van der Waals surface area contributed by atoms with Crippen LogP contribution in [-0.4, -0.2) is 96.7 Å². The van der Waals surface area contributed by atoms with Crippen LogP contribution in [0.2, 0.25) is 0 Å². The number of carbonyl (C=O) groups excluding carboxylic acids is 4. The highest BCUT2D eigenvalue weighted by Crippen LogP contribution is 2.45. The second kappa shape index (κ2) is 70.1. The maximum absolute atomic E-state index is 13.1. The van der Waals surface area contributed by atoms with E-state index >= 15 is 0 Å². The first-order chi connectivity index (χ1) is 48.2. The van der Waals surface area contributed by atoms with E-state index in [1.165, 1.54) is 212 Å². The summed E-state index contributed by atoms with van der Waals surface area (Å²) >= 11 is 0. The Morgan fingerprint density at radius 2 is 0.480 bits per heavy atom. The molecule has 0 saturated carbocycles. The molecule has 0 fully saturated rings. The number of rotatable bonds is 78. The van der Waals surface area contributed by atoms with Gasteiger partial charge in [0.15, 0.2) is 12.2 Å². The van der Waals surface area contributed by atoms with Crippen molar-refractivity contribution in [1.82, 2.24) is 0 Å². The molecule has 7 atom stereocenters. The fraction of sp³-hybridized carbons (Fsp3) is 0.951. The molecule has 594 valence electrons. The molecule has 0 amide bonds. The third-order valence-electron chi connectivity index (χ3n) is 19.5. The Balaban J connectivity index is 5.22. The Morgan fingerprint density at radius 1 is 0.280 bits per heavy atom.